The van der Waals surface area contributed by atoms with Gasteiger partial charge in [-0.25, -0.2) is 0 Å². The summed E-state index contributed by atoms with van der Waals surface area (Å²) in [5.41, 5.74) is 1.06. The average molecular weight is 240 g/mol. The Balaban J connectivity index is 2.26. The first-order valence-electron chi connectivity index (χ1n) is 4.46. The lowest BCUT2D eigenvalue weighted by atomic mass is 10.2. The molecule has 0 unspecified atom stereocenters. The molecule has 0 saturated heterocycles. The van der Waals surface area contributed by atoms with Crippen LogP contribution in [0.5, 0.6) is 0 Å². The van der Waals surface area contributed by atoms with Gasteiger partial charge in [-0.15, -0.1) is 11.3 Å². The normalized spacial score (nSPS) is 10.8. The average Bonchev–Trinajstić information content (AvgIpc) is 2.53. The third-order valence-corrected chi connectivity index (χ3v) is 3.78. The molecule has 1 aromatic carbocycles. The number of thioether (sulfide) groups is 1. The van der Waals surface area contributed by atoms with Crippen LogP contribution in [0.25, 0.3) is 10.1 Å². The molecular formula is C11H9FOS2. The fourth-order valence-electron chi connectivity index (χ4n) is 1.34. The van der Waals surface area contributed by atoms with Gasteiger partial charge in [0.2, 0.25) is 0 Å². The number of hydrogen-bond donors (Lipinski definition) is 0. The van der Waals surface area contributed by atoms with Crippen molar-refractivity contribution in [3.63, 3.8) is 0 Å². The highest BCUT2D eigenvalue weighted by atomic mass is 32.2. The highest BCUT2D eigenvalue weighted by Gasteiger charge is 2.03. The Morgan fingerprint density at radius 3 is 3.00 bits per heavy atom. The SMILES string of the molecule is CC(=O)SCc1ccc2sc(F)cc2c1. The van der Waals surface area contributed by atoms with E-state index in [0.717, 1.165) is 27.0 Å². The molecule has 0 aliphatic carbocycles. The second-order valence-corrected chi connectivity index (χ2v) is 5.39. The van der Waals surface area contributed by atoms with Gasteiger partial charge in [-0.1, -0.05) is 17.8 Å². The van der Waals surface area contributed by atoms with Gasteiger partial charge in [0, 0.05) is 17.4 Å². The summed E-state index contributed by atoms with van der Waals surface area (Å²) >= 11 is 2.42. The molecule has 0 atom stereocenters. The van der Waals surface area contributed by atoms with Gasteiger partial charge in [-0.05, 0) is 29.1 Å². The zero-order valence-corrected chi connectivity index (χ0v) is 9.75. The molecular weight excluding hydrogens is 231 g/mol. The summed E-state index contributed by atoms with van der Waals surface area (Å²) in [5, 5.41) is 0.854. The zero-order valence-electron chi connectivity index (χ0n) is 8.12. The Labute approximate surface area is 95.3 Å². The van der Waals surface area contributed by atoms with Crippen molar-refractivity contribution < 1.29 is 9.18 Å². The number of carbonyl (C=O) groups is 1. The van der Waals surface area contributed by atoms with Crippen molar-refractivity contribution >= 4 is 38.3 Å². The van der Waals surface area contributed by atoms with E-state index in [4.69, 9.17) is 0 Å². The van der Waals surface area contributed by atoms with Crippen LogP contribution in [0.2, 0.25) is 0 Å². The van der Waals surface area contributed by atoms with Gasteiger partial charge < -0.3 is 0 Å². The minimum atomic E-state index is -0.165. The molecule has 78 valence electrons. The molecule has 1 aromatic heterocycles. The van der Waals surface area contributed by atoms with Crippen molar-refractivity contribution in [3.05, 3.63) is 35.0 Å². The zero-order chi connectivity index (χ0) is 10.8. The highest BCUT2D eigenvalue weighted by Crippen LogP contribution is 2.26. The van der Waals surface area contributed by atoms with E-state index in [-0.39, 0.29) is 10.2 Å². The minimum Gasteiger partial charge on any atom is -0.288 e. The smallest absolute Gasteiger partial charge is 0.186 e. The summed E-state index contributed by atoms with van der Waals surface area (Å²) < 4.78 is 13.9. The van der Waals surface area contributed by atoms with Crippen molar-refractivity contribution in [2.75, 3.05) is 0 Å². The summed E-state index contributed by atoms with van der Waals surface area (Å²) in [4.78, 5) is 10.8. The number of fused-ring (bicyclic) bond motifs is 1. The number of thiophene rings is 1. The van der Waals surface area contributed by atoms with Gasteiger partial charge in [-0.3, -0.25) is 4.79 Å². The molecule has 0 radical (unpaired) electrons. The lowest BCUT2D eigenvalue weighted by molar-refractivity contribution is -0.109. The van der Waals surface area contributed by atoms with Crippen LogP contribution in [-0.2, 0) is 10.5 Å². The van der Waals surface area contributed by atoms with E-state index in [1.165, 1.54) is 17.8 Å². The molecule has 0 bridgehead atoms. The predicted octanol–water partition coefficient (Wildman–Crippen LogP) is 3.82. The van der Waals surface area contributed by atoms with Crippen molar-refractivity contribution in [1.82, 2.24) is 0 Å². The van der Waals surface area contributed by atoms with E-state index in [9.17, 15) is 9.18 Å². The molecule has 0 saturated carbocycles. The van der Waals surface area contributed by atoms with E-state index in [0.29, 0.717) is 5.75 Å². The summed E-state index contributed by atoms with van der Waals surface area (Å²) in [6.07, 6.45) is 0. The minimum absolute atomic E-state index is 0.103. The lowest BCUT2D eigenvalue weighted by Gasteiger charge is -1.98. The molecule has 4 heteroatoms. The van der Waals surface area contributed by atoms with Crippen LogP contribution in [0.15, 0.2) is 24.3 Å². The maximum Gasteiger partial charge on any atom is 0.186 e. The Kier molecular flexibility index (Phi) is 3.07. The summed E-state index contributed by atoms with van der Waals surface area (Å²) in [5.74, 6) is 0.655. The maximum absolute atomic E-state index is 12.9. The number of carbonyl (C=O) groups excluding carboxylic acids is 1. The summed E-state index contributed by atoms with van der Waals surface area (Å²) in [6.45, 7) is 1.55. The van der Waals surface area contributed by atoms with Crippen LogP contribution in [0, 0.1) is 5.13 Å². The Hall–Kier alpha value is -0.870. The molecule has 1 nitrogen and oxygen atoms in total. The number of hydrogen-bond acceptors (Lipinski definition) is 3. The fraction of sp³-hybridized carbons (Fsp3) is 0.182. The number of halogens is 1. The summed E-state index contributed by atoms with van der Waals surface area (Å²) in [7, 11) is 0. The quantitative estimate of drug-likeness (QED) is 0.793. The van der Waals surface area contributed by atoms with Crippen molar-refractivity contribution in [2.45, 2.75) is 12.7 Å². The van der Waals surface area contributed by atoms with Gasteiger partial charge >= 0.3 is 0 Å². The molecule has 0 spiro atoms. The van der Waals surface area contributed by atoms with Crippen molar-refractivity contribution in [3.8, 4) is 0 Å². The van der Waals surface area contributed by atoms with E-state index >= 15 is 0 Å². The summed E-state index contributed by atoms with van der Waals surface area (Å²) in [6, 6.07) is 7.31. The number of rotatable bonds is 2. The van der Waals surface area contributed by atoms with Gasteiger partial charge in [0.1, 0.15) is 0 Å². The fourth-order valence-corrected chi connectivity index (χ4v) is 2.65. The first kappa shape index (κ1) is 10.6. The molecule has 15 heavy (non-hydrogen) atoms. The van der Waals surface area contributed by atoms with Crippen LogP contribution >= 0.6 is 23.1 Å². The third kappa shape index (κ3) is 2.58. The van der Waals surface area contributed by atoms with Crippen LogP contribution in [0.1, 0.15) is 12.5 Å². The Morgan fingerprint density at radius 1 is 1.47 bits per heavy atom. The molecule has 2 aromatic rings. The van der Waals surface area contributed by atoms with E-state index in [1.807, 2.05) is 18.2 Å². The largest absolute Gasteiger partial charge is 0.288 e. The van der Waals surface area contributed by atoms with Crippen molar-refractivity contribution in [1.29, 1.82) is 0 Å². The van der Waals surface area contributed by atoms with Gasteiger partial charge in [0.25, 0.3) is 0 Å². The van der Waals surface area contributed by atoms with Crippen LogP contribution in [0.4, 0.5) is 4.39 Å². The molecule has 0 amide bonds. The monoisotopic (exact) mass is 240 g/mol. The van der Waals surface area contributed by atoms with E-state index < -0.39 is 0 Å². The molecule has 0 aliphatic heterocycles. The number of benzene rings is 1. The van der Waals surface area contributed by atoms with Gasteiger partial charge in [0.05, 0.1) is 0 Å². The second-order valence-electron chi connectivity index (χ2n) is 3.20. The Bertz CT molecular complexity index is 504. The second kappa shape index (κ2) is 4.33. The predicted molar refractivity (Wildman–Crippen MR) is 63.8 cm³/mol. The molecule has 1 heterocycles. The lowest BCUT2D eigenvalue weighted by Crippen LogP contribution is -1.84. The Morgan fingerprint density at radius 2 is 2.27 bits per heavy atom. The van der Waals surface area contributed by atoms with E-state index in [2.05, 4.69) is 0 Å². The molecule has 0 N–H and O–H groups in total. The maximum atomic E-state index is 12.9. The standard InChI is InChI=1S/C11H9FOS2/c1-7(13)14-6-8-2-3-10-9(4-8)5-11(12)15-10/h2-5H,6H2,1H3. The van der Waals surface area contributed by atoms with Crippen molar-refractivity contribution in [2.24, 2.45) is 0 Å². The molecule has 0 aliphatic rings. The van der Waals surface area contributed by atoms with Crippen LogP contribution in [-0.4, -0.2) is 5.12 Å². The topological polar surface area (TPSA) is 17.1 Å². The highest BCUT2D eigenvalue weighted by molar-refractivity contribution is 8.12. The van der Waals surface area contributed by atoms with Gasteiger partial charge in [0.15, 0.2) is 10.2 Å². The van der Waals surface area contributed by atoms with E-state index in [1.54, 1.807) is 6.92 Å². The third-order valence-electron chi connectivity index (χ3n) is 1.99. The molecule has 2 rings (SSSR count). The van der Waals surface area contributed by atoms with Gasteiger partial charge in [-0.2, -0.15) is 4.39 Å². The molecule has 0 fully saturated rings. The first-order valence-corrected chi connectivity index (χ1v) is 6.27. The van der Waals surface area contributed by atoms with Crippen LogP contribution in [0.3, 0.4) is 0 Å². The first-order chi connectivity index (χ1) is 7.15. The van der Waals surface area contributed by atoms with Crippen LogP contribution < -0.4 is 0 Å².